The van der Waals surface area contributed by atoms with Gasteiger partial charge in [0, 0.05) is 20.3 Å². The molecular formula is C23H19F5N8O2S. The molecule has 0 radical (unpaired) electrons. The Bertz CT molecular complexity index is 1770. The van der Waals surface area contributed by atoms with E-state index in [0.717, 1.165) is 5.56 Å². The number of aromatic nitrogens is 7. The van der Waals surface area contributed by atoms with Crippen LogP contribution in [0, 0.1) is 11.3 Å². The smallest absolute Gasteiger partial charge is 0.316 e. The molecule has 4 heterocycles. The lowest BCUT2D eigenvalue weighted by atomic mass is 10.00. The van der Waals surface area contributed by atoms with E-state index in [1.807, 2.05) is 0 Å². The summed E-state index contributed by atoms with van der Waals surface area (Å²) in [5.41, 5.74) is -1.89. The Hall–Kier alpha value is -4.00. The zero-order valence-electron chi connectivity index (χ0n) is 20.6. The molecule has 0 aliphatic heterocycles. The van der Waals surface area contributed by atoms with Gasteiger partial charge in [0.2, 0.25) is 0 Å². The molecule has 0 saturated heterocycles. The molecule has 0 spiro atoms. The van der Waals surface area contributed by atoms with Gasteiger partial charge in [-0.05, 0) is 30.5 Å². The lowest BCUT2D eigenvalue weighted by Gasteiger charge is -2.17. The van der Waals surface area contributed by atoms with Gasteiger partial charge in [0.05, 0.1) is 17.2 Å². The van der Waals surface area contributed by atoms with Gasteiger partial charge in [-0.2, -0.15) is 27.2 Å². The summed E-state index contributed by atoms with van der Waals surface area (Å²) >= 11 is 0. The fraction of sp³-hybridized carbons (Fsp3) is 0.391. The number of imidazole rings is 2. The van der Waals surface area contributed by atoms with E-state index in [-0.39, 0.29) is 39.3 Å². The lowest BCUT2D eigenvalue weighted by Crippen LogP contribution is -2.34. The van der Waals surface area contributed by atoms with Crippen LogP contribution in [-0.2, 0) is 35.3 Å². The first-order valence-corrected chi connectivity index (χ1v) is 13.2. The van der Waals surface area contributed by atoms with Crippen LogP contribution in [0.2, 0.25) is 0 Å². The van der Waals surface area contributed by atoms with Crippen molar-refractivity contribution in [1.82, 2.24) is 34.3 Å². The van der Waals surface area contributed by atoms with E-state index in [9.17, 15) is 35.6 Å². The zero-order chi connectivity index (χ0) is 28.5. The Morgan fingerprint density at radius 2 is 1.74 bits per heavy atom. The number of nitrogens with zero attached hydrogens (tertiary/aromatic N) is 8. The van der Waals surface area contributed by atoms with Crippen molar-refractivity contribution in [3.63, 3.8) is 0 Å². The number of alkyl halides is 5. The van der Waals surface area contributed by atoms with Crippen LogP contribution < -0.4 is 0 Å². The number of pyridine rings is 1. The summed E-state index contributed by atoms with van der Waals surface area (Å²) in [7, 11) is -1.13. The van der Waals surface area contributed by atoms with Crippen LogP contribution in [0.3, 0.4) is 0 Å². The summed E-state index contributed by atoms with van der Waals surface area (Å²) in [5, 5.41) is 15.7. The lowest BCUT2D eigenvalue weighted by molar-refractivity contribution is -0.291. The average Bonchev–Trinajstić information content (AvgIpc) is 3.52. The quantitative estimate of drug-likeness (QED) is 0.322. The van der Waals surface area contributed by atoms with Crippen LogP contribution in [0.1, 0.15) is 31.0 Å². The molecule has 0 aromatic carbocycles. The second-order valence-corrected chi connectivity index (χ2v) is 11.4. The SMILES string of the molecule is CCS(=O)(=O)c1c(-c2nc3cc(C(F)(F)C(F)(F)F)nnc3n2C)nc(-c2ccc(C3(C#N)CC3)cn2)n1C. The van der Waals surface area contributed by atoms with Crippen molar-refractivity contribution in [2.24, 2.45) is 14.1 Å². The molecule has 16 heteroatoms. The maximum atomic E-state index is 13.9. The minimum atomic E-state index is -5.90. The average molecular weight is 567 g/mol. The van der Waals surface area contributed by atoms with Crippen molar-refractivity contribution < 1.29 is 30.4 Å². The third-order valence-corrected chi connectivity index (χ3v) is 8.55. The maximum Gasteiger partial charge on any atom is 0.459 e. The van der Waals surface area contributed by atoms with Crippen molar-refractivity contribution in [3.8, 4) is 29.1 Å². The zero-order valence-corrected chi connectivity index (χ0v) is 21.4. The highest BCUT2D eigenvalue weighted by atomic mass is 32.2. The number of rotatable bonds is 6. The largest absolute Gasteiger partial charge is 0.459 e. The Morgan fingerprint density at radius 1 is 1.05 bits per heavy atom. The van der Waals surface area contributed by atoms with Crippen molar-refractivity contribution in [3.05, 3.63) is 35.7 Å². The van der Waals surface area contributed by atoms with Crippen LogP contribution in [-0.4, -0.2) is 54.6 Å². The minimum Gasteiger partial charge on any atom is -0.316 e. The van der Waals surface area contributed by atoms with E-state index >= 15 is 0 Å². The van der Waals surface area contributed by atoms with E-state index < -0.39 is 33.0 Å². The first-order valence-electron chi connectivity index (χ1n) is 11.5. The van der Waals surface area contributed by atoms with Crippen LogP contribution in [0.5, 0.6) is 0 Å². The highest BCUT2D eigenvalue weighted by Crippen LogP contribution is 2.47. The molecule has 39 heavy (non-hydrogen) atoms. The van der Waals surface area contributed by atoms with Crippen molar-refractivity contribution in [2.75, 3.05) is 5.75 Å². The molecule has 0 atom stereocenters. The molecular weight excluding hydrogens is 547 g/mol. The Morgan fingerprint density at radius 3 is 2.28 bits per heavy atom. The van der Waals surface area contributed by atoms with Crippen LogP contribution in [0.25, 0.3) is 34.2 Å². The Kier molecular flexibility index (Phi) is 5.80. The predicted octanol–water partition coefficient (Wildman–Crippen LogP) is 3.83. The molecule has 0 N–H and O–H groups in total. The number of nitriles is 1. The molecule has 1 saturated carbocycles. The molecule has 0 bridgehead atoms. The minimum absolute atomic E-state index is 0.132. The van der Waals surface area contributed by atoms with Crippen LogP contribution >= 0.6 is 0 Å². The van der Waals surface area contributed by atoms with E-state index in [0.29, 0.717) is 24.6 Å². The summed E-state index contributed by atoms with van der Waals surface area (Å²) in [4.78, 5) is 13.0. The van der Waals surface area contributed by atoms with Gasteiger partial charge in [-0.25, -0.2) is 18.4 Å². The Balaban J connectivity index is 1.68. The predicted molar refractivity (Wildman–Crippen MR) is 126 cm³/mol. The van der Waals surface area contributed by atoms with Crippen LogP contribution in [0.4, 0.5) is 22.0 Å². The van der Waals surface area contributed by atoms with Crippen LogP contribution in [0.15, 0.2) is 29.4 Å². The van der Waals surface area contributed by atoms with E-state index in [2.05, 4.69) is 31.2 Å². The number of hydrogen-bond acceptors (Lipinski definition) is 8. The maximum absolute atomic E-state index is 13.9. The number of hydrogen-bond donors (Lipinski definition) is 0. The fourth-order valence-electron chi connectivity index (χ4n) is 4.25. The normalized spacial score (nSPS) is 15.5. The molecule has 4 aromatic rings. The second-order valence-electron chi connectivity index (χ2n) is 9.18. The number of halogens is 5. The molecule has 5 rings (SSSR count). The van der Waals surface area contributed by atoms with E-state index in [4.69, 9.17) is 0 Å². The topological polar surface area (TPSA) is 132 Å². The van der Waals surface area contributed by atoms with Crippen molar-refractivity contribution in [2.45, 2.75) is 42.3 Å². The van der Waals surface area contributed by atoms with E-state index in [1.54, 1.807) is 12.1 Å². The van der Waals surface area contributed by atoms with Gasteiger partial charge in [0.25, 0.3) is 0 Å². The Labute approximate surface area is 218 Å². The molecule has 204 valence electrons. The first kappa shape index (κ1) is 26.6. The molecule has 1 aliphatic carbocycles. The second kappa shape index (κ2) is 8.50. The number of aryl methyl sites for hydroxylation is 1. The highest BCUT2D eigenvalue weighted by molar-refractivity contribution is 7.91. The first-order chi connectivity index (χ1) is 18.2. The summed E-state index contributed by atoms with van der Waals surface area (Å²) in [6.07, 6.45) is -2.95. The molecule has 4 aromatic heterocycles. The van der Waals surface area contributed by atoms with Gasteiger partial charge < -0.3 is 9.13 Å². The number of fused-ring (bicyclic) bond motifs is 1. The van der Waals surface area contributed by atoms with Gasteiger partial charge in [-0.1, -0.05) is 13.0 Å². The summed E-state index contributed by atoms with van der Waals surface area (Å²) in [5.74, 6) is -5.60. The molecule has 0 unspecified atom stereocenters. The van der Waals surface area contributed by atoms with Gasteiger partial charge >= 0.3 is 12.1 Å². The van der Waals surface area contributed by atoms with Gasteiger partial charge in [0.1, 0.15) is 22.6 Å². The van der Waals surface area contributed by atoms with Crippen molar-refractivity contribution in [1.29, 1.82) is 5.26 Å². The fourth-order valence-corrected chi connectivity index (χ4v) is 5.46. The van der Waals surface area contributed by atoms with Gasteiger partial charge in [0.15, 0.2) is 32.2 Å². The third kappa shape index (κ3) is 4.03. The molecule has 1 aliphatic rings. The van der Waals surface area contributed by atoms with Gasteiger partial charge in [-0.3, -0.25) is 4.98 Å². The molecule has 10 nitrogen and oxygen atoms in total. The summed E-state index contributed by atoms with van der Waals surface area (Å²) in [6, 6.07) is 6.05. The van der Waals surface area contributed by atoms with Crippen molar-refractivity contribution >= 4 is 21.0 Å². The summed E-state index contributed by atoms with van der Waals surface area (Å²) in [6.45, 7) is 1.42. The summed E-state index contributed by atoms with van der Waals surface area (Å²) < 4.78 is 95.1. The van der Waals surface area contributed by atoms with Gasteiger partial charge in [-0.15, -0.1) is 10.2 Å². The molecule has 1 fully saturated rings. The highest BCUT2D eigenvalue weighted by Gasteiger charge is 2.60. The van der Waals surface area contributed by atoms with E-state index in [1.165, 1.54) is 36.4 Å². The standard InChI is InChI=1S/C23H19F5N8O2S/c1-4-39(37,38)20-16(32-17(36(20)3)13-6-5-12(10-30-13)21(11-29)7-8-21)19-31-14-9-15(22(24,25)23(26,27)28)33-34-18(14)35(19)2/h5-6,9-10H,4,7-8H2,1-3H3. The molecule has 0 amide bonds. The monoisotopic (exact) mass is 566 g/mol. The third-order valence-electron chi connectivity index (χ3n) is 6.73. The number of sulfone groups is 1.